The van der Waals surface area contributed by atoms with Gasteiger partial charge in [-0.05, 0) is 31.0 Å². The molecular weight excluding hydrogens is 250 g/mol. The fourth-order valence-electron chi connectivity index (χ4n) is 2.35. The summed E-state index contributed by atoms with van der Waals surface area (Å²) in [4.78, 5) is 14.5. The van der Waals surface area contributed by atoms with Gasteiger partial charge in [-0.3, -0.25) is 9.69 Å². The van der Waals surface area contributed by atoms with Gasteiger partial charge in [-0.25, -0.2) is 0 Å². The van der Waals surface area contributed by atoms with Crippen molar-refractivity contribution in [1.82, 2.24) is 15.5 Å². The SMILES string of the molecule is CC[C@@H](C)NC(=O)c1cccc(CN2CCNCC2)c1. The Balaban J connectivity index is 1.97. The Morgan fingerprint density at radius 1 is 1.40 bits per heavy atom. The van der Waals surface area contributed by atoms with E-state index in [4.69, 9.17) is 0 Å². The maximum atomic E-state index is 12.1. The Bertz CT molecular complexity index is 441. The number of carbonyl (C=O) groups excluding carboxylic acids is 1. The van der Waals surface area contributed by atoms with E-state index >= 15 is 0 Å². The van der Waals surface area contributed by atoms with Crippen molar-refractivity contribution in [3.05, 3.63) is 35.4 Å². The van der Waals surface area contributed by atoms with Crippen molar-refractivity contribution in [2.24, 2.45) is 0 Å². The summed E-state index contributed by atoms with van der Waals surface area (Å²) in [6, 6.07) is 8.20. The Morgan fingerprint density at radius 2 is 2.15 bits per heavy atom. The van der Waals surface area contributed by atoms with E-state index in [2.05, 4.69) is 28.5 Å². The predicted octanol–water partition coefficient (Wildman–Crippen LogP) is 1.62. The van der Waals surface area contributed by atoms with Crippen LogP contribution >= 0.6 is 0 Å². The summed E-state index contributed by atoms with van der Waals surface area (Å²) in [7, 11) is 0. The molecule has 0 aromatic heterocycles. The Labute approximate surface area is 121 Å². The highest BCUT2D eigenvalue weighted by molar-refractivity contribution is 5.94. The molecule has 0 spiro atoms. The summed E-state index contributed by atoms with van der Waals surface area (Å²) in [6.45, 7) is 9.27. The number of hydrogen-bond donors (Lipinski definition) is 2. The van der Waals surface area contributed by atoms with Gasteiger partial charge in [0.2, 0.25) is 0 Å². The van der Waals surface area contributed by atoms with Gasteiger partial charge in [-0.2, -0.15) is 0 Å². The first-order chi connectivity index (χ1) is 9.69. The molecule has 4 heteroatoms. The van der Waals surface area contributed by atoms with Crippen LogP contribution in [0.4, 0.5) is 0 Å². The highest BCUT2D eigenvalue weighted by atomic mass is 16.1. The van der Waals surface area contributed by atoms with Crippen LogP contribution in [0.15, 0.2) is 24.3 Å². The third-order valence-corrected chi connectivity index (χ3v) is 3.79. The van der Waals surface area contributed by atoms with Crippen LogP contribution < -0.4 is 10.6 Å². The first-order valence-corrected chi connectivity index (χ1v) is 7.52. The van der Waals surface area contributed by atoms with Gasteiger partial charge in [0.05, 0.1) is 0 Å². The first-order valence-electron chi connectivity index (χ1n) is 7.52. The van der Waals surface area contributed by atoms with Gasteiger partial charge in [0.15, 0.2) is 0 Å². The molecule has 110 valence electrons. The van der Waals surface area contributed by atoms with Crippen LogP contribution in [0.3, 0.4) is 0 Å². The summed E-state index contributed by atoms with van der Waals surface area (Å²) in [5.74, 6) is 0.0292. The van der Waals surface area contributed by atoms with E-state index in [9.17, 15) is 4.79 Å². The third-order valence-electron chi connectivity index (χ3n) is 3.79. The highest BCUT2D eigenvalue weighted by Crippen LogP contribution is 2.09. The van der Waals surface area contributed by atoms with Gasteiger partial charge in [0, 0.05) is 44.3 Å². The lowest BCUT2D eigenvalue weighted by molar-refractivity contribution is 0.0939. The number of nitrogens with one attached hydrogen (secondary N) is 2. The monoisotopic (exact) mass is 275 g/mol. The average molecular weight is 275 g/mol. The molecule has 0 radical (unpaired) electrons. The van der Waals surface area contributed by atoms with E-state index in [0.29, 0.717) is 0 Å². The second kappa shape index (κ2) is 7.41. The van der Waals surface area contributed by atoms with Crippen LogP contribution in [0.2, 0.25) is 0 Å². The van der Waals surface area contributed by atoms with Crippen molar-refractivity contribution in [3.8, 4) is 0 Å². The molecule has 1 aliphatic heterocycles. The molecule has 0 aliphatic carbocycles. The van der Waals surface area contributed by atoms with Gasteiger partial charge in [-0.1, -0.05) is 19.1 Å². The number of nitrogens with zero attached hydrogens (tertiary/aromatic N) is 1. The second-order valence-electron chi connectivity index (χ2n) is 5.51. The minimum absolute atomic E-state index is 0.0292. The zero-order chi connectivity index (χ0) is 14.4. The molecule has 1 aromatic rings. The molecule has 1 heterocycles. The summed E-state index contributed by atoms with van der Waals surface area (Å²) in [6.07, 6.45) is 0.951. The highest BCUT2D eigenvalue weighted by Gasteiger charge is 2.12. The van der Waals surface area contributed by atoms with Crippen molar-refractivity contribution in [2.75, 3.05) is 26.2 Å². The van der Waals surface area contributed by atoms with Gasteiger partial charge in [0.1, 0.15) is 0 Å². The summed E-state index contributed by atoms with van der Waals surface area (Å²) in [5.41, 5.74) is 1.97. The minimum atomic E-state index is 0.0292. The maximum Gasteiger partial charge on any atom is 0.251 e. The van der Waals surface area contributed by atoms with Crippen LogP contribution in [0, 0.1) is 0 Å². The molecule has 4 nitrogen and oxygen atoms in total. The Kier molecular flexibility index (Phi) is 5.56. The van der Waals surface area contributed by atoms with Crippen LogP contribution in [-0.2, 0) is 6.54 Å². The molecule has 1 aromatic carbocycles. The lowest BCUT2D eigenvalue weighted by atomic mass is 10.1. The van der Waals surface area contributed by atoms with Crippen LogP contribution in [0.1, 0.15) is 36.2 Å². The fraction of sp³-hybridized carbons (Fsp3) is 0.562. The third kappa shape index (κ3) is 4.32. The predicted molar refractivity (Wildman–Crippen MR) is 81.8 cm³/mol. The Morgan fingerprint density at radius 3 is 2.85 bits per heavy atom. The van der Waals surface area contributed by atoms with Gasteiger partial charge in [0.25, 0.3) is 5.91 Å². The number of hydrogen-bond acceptors (Lipinski definition) is 3. The zero-order valence-electron chi connectivity index (χ0n) is 12.5. The molecule has 20 heavy (non-hydrogen) atoms. The van der Waals surface area contributed by atoms with Crippen molar-refractivity contribution in [3.63, 3.8) is 0 Å². The average Bonchev–Trinajstić information content (AvgIpc) is 2.48. The number of piperazine rings is 1. The van der Waals surface area contributed by atoms with Gasteiger partial charge in [-0.15, -0.1) is 0 Å². The largest absolute Gasteiger partial charge is 0.350 e. The van der Waals surface area contributed by atoms with Gasteiger partial charge >= 0.3 is 0 Å². The summed E-state index contributed by atoms with van der Waals surface area (Å²) < 4.78 is 0. The van der Waals surface area contributed by atoms with Crippen LogP contribution in [0.5, 0.6) is 0 Å². The van der Waals surface area contributed by atoms with E-state index in [1.807, 2.05) is 25.1 Å². The summed E-state index contributed by atoms with van der Waals surface area (Å²) in [5, 5.41) is 6.37. The second-order valence-corrected chi connectivity index (χ2v) is 5.51. The molecule has 2 rings (SSSR count). The minimum Gasteiger partial charge on any atom is -0.350 e. The Hall–Kier alpha value is -1.39. The van der Waals surface area contributed by atoms with Crippen LogP contribution in [-0.4, -0.2) is 43.0 Å². The molecule has 1 fully saturated rings. The smallest absolute Gasteiger partial charge is 0.251 e. The first kappa shape index (κ1) is 15.0. The maximum absolute atomic E-state index is 12.1. The quantitative estimate of drug-likeness (QED) is 0.858. The van der Waals surface area contributed by atoms with Crippen LogP contribution in [0.25, 0.3) is 0 Å². The van der Waals surface area contributed by atoms with Crippen molar-refractivity contribution >= 4 is 5.91 Å². The molecule has 1 atom stereocenters. The molecule has 1 saturated heterocycles. The van der Waals surface area contributed by atoms with E-state index < -0.39 is 0 Å². The lowest BCUT2D eigenvalue weighted by Crippen LogP contribution is -2.42. The number of carbonyl (C=O) groups is 1. The van der Waals surface area contributed by atoms with Gasteiger partial charge < -0.3 is 10.6 Å². The topological polar surface area (TPSA) is 44.4 Å². The van der Waals surface area contributed by atoms with E-state index in [1.54, 1.807) is 0 Å². The van der Waals surface area contributed by atoms with Crippen molar-refractivity contribution in [1.29, 1.82) is 0 Å². The fourth-order valence-corrected chi connectivity index (χ4v) is 2.35. The van der Waals surface area contributed by atoms with Crippen molar-refractivity contribution in [2.45, 2.75) is 32.9 Å². The standard InChI is InChI=1S/C16H25N3O/c1-3-13(2)18-16(20)15-6-4-5-14(11-15)12-19-9-7-17-8-10-19/h4-6,11,13,17H,3,7-10,12H2,1-2H3,(H,18,20)/t13-/m1/s1. The lowest BCUT2D eigenvalue weighted by Gasteiger charge is -2.27. The zero-order valence-corrected chi connectivity index (χ0v) is 12.5. The number of rotatable bonds is 5. The van der Waals surface area contributed by atoms with E-state index in [0.717, 1.165) is 44.7 Å². The number of benzene rings is 1. The molecule has 0 bridgehead atoms. The molecule has 0 saturated carbocycles. The molecular formula is C16H25N3O. The molecule has 1 aliphatic rings. The molecule has 1 amide bonds. The number of amides is 1. The van der Waals surface area contributed by atoms with E-state index in [1.165, 1.54) is 5.56 Å². The van der Waals surface area contributed by atoms with E-state index in [-0.39, 0.29) is 11.9 Å². The summed E-state index contributed by atoms with van der Waals surface area (Å²) >= 11 is 0. The molecule has 2 N–H and O–H groups in total. The van der Waals surface area contributed by atoms with Crippen molar-refractivity contribution < 1.29 is 4.79 Å². The normalized spacial score (nSPS) is 17.7. The molecule has 0 unspecified atom stereocenters.